The van der Waals surface area contributed by atoms with Crippen molar-refractivity contribution in [1.82, 2.24) is 10.2 Å². The van der Waals surface area contributed by atoms with Crippen LogP contribution in [0.1, 0.15) is 48.8 Å². The van der Waals surface area contributed by atoms with E-state index < -0.39 is 28.5 Å². The Morgan fingerprint density at radius 2 is 1.49 bits per heavy atom. The molecule has 4 aromatic rings. The van der Waals surface area contributed by atoms with Crippen LogP contribution in [0.2, 0.25) is 0 Å². The van der Waals surface area contributed by atoms with Crippen molar-refractivity contribution in [2.75, 3.05) is 18.0 Å². The van der Waals surface area contributed by atoms with Crippen molar-refractivity contribution in [3.05, 3.63) is 126 Å². The molecule has 0 aromatic heterocycles. The Balaban J connectivity index is 1.57. The van der Waals surface area contributed by atoms with E-state index in [2.05, 4.69) is 5.32 Å². The van der Waals surface area contributed by atoms with E-state index in [0.29, 0.717) is 5.75 Å². The van der Waals surface area contributed by atoms with Crippen molar-refractivity contribution in [2.24, 2.45) is 0 Å². The van der Waals surface area contributed by atoms with E-state index in [1.807, 2.05) is 61.5 Å². The number of anilines is 1. The lowest BCUT2D eigenvalue weighted by atomic mass is 9.94. The zero-order chi connectivity index (χ0) is 33.2. The summed E-state index contributed by atoms with van der Waals surface area (Å²) < 4.78 is 34.9. The lowest BCUT2D eigenvalue weighted by Gasteiger charge is -2.35. The number of aryl methyl sites for hydroxylation is 1. The Labute approximate surface area is 278 Å². The minimum Gasteiger partial charge on any atom is -0.497 e. The highest BCUT2D eigenvalue weighted by Crippen LogP contribution is 2.28. The minimum atomic E-state index is -4.19. The second-order valence-corrected chi connectivity index (χ2v) is 13.9. The van der Waals surface area contributed by atoms with E-state index in [1.54, 1.807) is 47.4 Å². The van der Waals surface area contributed by atoms with Gasteiger partial charge in [-0.05, 0) is 55.2 Å². The molecule has 0 saturated heterocycles. The number of rotatable bonds is 13. The molecule has 4 aromatic carbocycles. The molecular weight excluding hydrogens is 611 g/mol. The van der Waals surface area contributed by atoms with E-state index in [9.17, 15) is 18.0 Å². The molecule has 0 heterocycles. The molecule has 1 saturated carbocycles. The molecule has 0 unspecified atom stereocenters. The van der Waals surface area contributed by atoms with Crippen LogP contribution >= 0.6 is 0 Å². The Kier molecular flexibility index (Phi) is 11.3. The molecule has 8 nitrogen and oxygen atoms in total. The van der Waals surface area contributed by atoms with E-state index in [0.717, 1.165) is 53.1 Å². The van der Waals surface area contributed by atoms with Crippen LogP contribution in [0.15, 0.2) is 114 Å². The summed E-state index contributed by atoms with van der Waals surface area (Å²) in [4.78, 5) is 30.5. The van der Waals surface area contributed by atoms with Crippen LogP contribution in [-0.2, 0) is 32.6 Å². The maximum atomic E-state index is 14.7. The predicted molar refractivity (Wildman–Crippen MR) is 185 cm³/mol. The van der Waals surface area contributed by atoms with Crippen molar-refractivity contribution in [3.8, 4) is 5.75 Å². The highest BCUT2D eigenvalue weighted by molar-refractivity contribution is 7.92. The molecule has 0 spiro atoms. The summed E-state index contributed by atoms with van der Waals surface area (Å²) in [7, 11) is -2.68. The van der Waals surface area contributed by atoms with Gasteiger partial charge in [0.1, 0.15) is 18.3 Å². The molecule has 1 fully saturated rings. The monoisotopic (exact) mass is 653 g/mol. The first kappa shape index (κ1) is 33.7. The lowest BCUT2D eigenvalue weighted by Crippen LogP contribution is -2.55. The van der Waals surface area contributed by atoms with Gasteiger partial charge in [0.2, 0.25) is 11.8 Å². The third kappa shape index (κ3) is 8.80. The molecule has 9 heteroatoms. The molecule has 1 aliphatic rings. The summed E-state index contributed by atoms with van der Waals surface area (Å²) >= 11 is 0. The van der Waals surface area contributed by atoms with Gasteiger partial charge in [-0.2, -0.15) is 0 Å². The number of sulfonamides is 1. The summed E-state index contributed by atoms with van der Waals surface area (Å²) in [5.41, 5.74) is 3.05. The number of carbonyl (C=O) groups excluding carboxylic acids is 2. The molecule has 1 atom stereocenters. The summed E-state index contributed by atoms with van der Waals surface area (Å²) in [6.07, 6.45) is 5.32. The van der Waals surface area contributed by atoms with E-state index in [4.69, 9.17) is 4.74 Å². The third-order valence-electron chi connectivity index (χ3n) is 8.61. The molecule has 246 valence electrons. The molecule has 1 aliphatic carbocycles. The number of nitrogens with zero attached hydrogens (tertiary/aromatic N) is 2. The van der Waals surface area contributed by atoms with Gasteiger partial charge in [-0.15, -0.1) is 0 Å². The predicted octanol–water partition coefficient (Wildman–Crippen LogP) is 6.29. The zero-order valence-electron chi connectivity index (χ0n) is 27.0. The molecule has 2 amide bonds. The highest BCUT2D eigenvalue weighted by Gasteiger charge is 2.35. The van der Waals surface area contributed by atoms with E-state index in [1.165, 1.54) is 19.2 Å². The normalized spacial score (nSPS) is 14.2. The number of hydrogen-bond acceptors (Lipinski definition) is 5. The highest BCUT2D eigenvalue weighted by atomic mass is 32.2. The quantitative estimate of drug-likeness (QED) is 0.183. The van der Waals surface area contributed by atoms with Crippen LogP contribution in [0.25, 0.3) is 0 Å². The number of nitrogens with one attached hydrogen (secondary N) is 1. The van der Waals surface area contributed by atoms with Gasteiger partial charge in [-0.3, -0.25) is 13.9 Å². The van der Waals surface area contributed by atoms with Crippen LogP contribution in [0.4, 0.5) is 5.69 Å². The SMILES string of the molecule is COc1cccc(N(CC(=O)N(Cc2cccc(C)c2)[C@@H](Cc2ccccc2)C(=O)NC2CCCCC2)S(=O)(=O)c2ccccc2)c1. The third-order valence-corrected chi connectivity index (χ3v) is 10.4. The largest absolute Gasteiger partial charge is 0.497 e. The van der Waals surface area contributed by atoms with Gasteiger partial charge in [-0.1, -0.05) is 104 Å². The van der Waals surface area contributed by atoms with E-state index >= 15 is 0 Å². The minimum absolute atomic E-state index is 0.0391. The van der Waals surface area contributed by atoms with Crippen LogP contribution in [-0.4, -0.2) is 50.9 Å². The lowest BCUT2D eigenvalue weighted by molar-refractivity contribution is -0.140. The van der Waals surface area contributed by atoms with Crippen molar-refractivity contribution >= 4 is 27.5 Å². The average molecular weight is 654 g/mol. The summed E-state index contributed by atoms with van der Waals surface area (Å²) in [5.74, 6) is -0.275. The van der Waals surface area contributed by atoms with Crippen LogP contribution in [0.3, 0.4) is 0 Å². The molecular formula is C38H43N3O5S. The van der Waals surface area contributed by atoms with Gasteiger partial charge in [0, 0.05) is 25.1 Å². The van der Waals surface area contributed by atoms with E-state index in [-0.39, 0.29) is 35.5 Å². The topological polar surface area (TPSA) is 96.0 Å². The first-order valence-electron chi connectivity index (χ1n) is 16.2. The summed E-state index contributed by atoms with van der Waals surface area (Å²) in [6.45, 7) is 1.59. The Morgan fingerprint density at radius 3 is 2.17 bits per heavy atom. The van der Waals surface area contributed by atoms with Crippen molar-refractivity contribution in [3.63, 3.8) is 0 Å². The maximum absolute atomic E-state index is 14.7. The number of carbonyl (C=O) groups is 2. The number of amides is 2. The second-order valence-electron chi connectivity index (χ2n) is 12.1. The van der Waals surface area contributed by atoms with Crippen molar-refractivity contribution in [1.29, 1.82) is 0 Å². The Hall–Kier alpha value is -4.63. The molecule has 0 bridgehead atoms. The maximum Gasteiger partial charge on any atom is 0.264 e. The number of methoxy groups -OCH3 is 1. The van der Waals surface area contributed by atoms with Gasteiger partial charge in [-0.25, -0.2) is 8.42 Å². The van der Waals surface area contributed by atoms with Gasteiger partial charge in [0.25, 0.3) is 10.0 Å². The molecule has 47 heavy (non-hydrogen) atoms. The summed E-state index contributed by atoms with van der Waals surface area (Å²) in [5, 5.41) is 3.25. The Bertz CT molecular complexity index is 1740. The fourth-order valence-electron chi connectivity index (χ4n) is 6.12. The molecule has 1 N–H and O–H groups in total. The van der Waals surface area contributed by atoms with Crippen molar-refractivity contribution < 1.29 is 22.7 Å². The number of hydrogen-bond donors (Lipinski definition) is 1. The number of benzene rings is 4. The molecule has 0 aliphatic heterocycles. The average Bonchev–Trinajstić information content (AvgIpc) is 3.10. The fraction of sp³-hybridized carbons (Fsp3) is 0.316. The standard InChI is InChI=1S/C38H43N3O5S/c1-29-14-12-17-31(24-29)27-40(36(25-30-15-6-3-7-16-30)38(43)39-32-18-8-4-9-19-32)37(42)28-41(33-20-13-21-34(26-33)46-2)47(44,45)35-22-10-5-11-23-35/h3,5-7,10-17,20-24,26,32,36H,4,8-9,18-19,25,27-28H2,1-2H3,(H,39,43)/t36-/m0/s1. The van der Waals surface area contributed by atoms with Gasteiger partial charge in [0.05, 0.1) is 17.7 Å². The van der Waals surface area contributed by atoms with Gasteiger partial charge in [0.15, 0.2) is 0 Å². The fourth-order valence-corrected chi connectivity index (χ4v) is 7.55. The van der Waals surface area contributed by atoms with Crippen LogP contribution in [0.5, 0.6) is 5.75 Å². The van der Waals surface area contributed by atoms with Gasteiger partial charge >= 0.3 is 0 Å². The van der Waals surface area contributed by atoms with Crippen LogP contribution in [0, 0.1) is 6.92 Å². The van der Waals surface area contributed by atoms with Crippen molar-refractivity contribution in [2.45, 2.75) is 69.0 Å². The smallest absolute Gasteiger partial charge is 0.264 e. The Morgan fingerprint density at radius 1 is 0.830 bits per heavy atom. The molecule has 0 radical (unpaired) electrons. The zero-order valence-corrected chi connectivity index (χ0v) is 27.9. The summed E-state index contributed by atoms with van der Waals surface area (Å²) in [6, 6.07) is 31.3. The van der Waals surface area contributed by atoms with Crippen LogP contribution < -0.4 is 14.4 Å². The number of ether oxygens (including phenoxy) is 1. The first-order chi connectivity index (χ1) is 22.7. The molecule has 5 rings (SSSR count). The second kappa shape index (κ2) is 15.8. The first-order valence-corrected chi connectivity index (χ1v) is 17.6. The van der Waals surface area contributed by atoms with Gasteiger partial charge < -0.3 is 15.0 Å².